The second-order valence-electron chi connectivity index (χ2n) is 6.99. The summed E-state index contributed by atoms with van der Waals surface area (Å²) in [6.07, 6.45) is 6.12. The smallest absolute Gasteiger partial charge is 0.322 e. The second kappa shape index (κ2) is 8.01. The summed E-state index contributed by atoms with van der Waals surface area (Å²) < 4.78 is 11.5. The number of hydrogen-bond donors (Lipinski definition) is 1. The van der Waals surface area contributed by atoms with Gasteiger partial charge in [-0.1, -0.05) is 18.2 Å². The Morgan fingerprint density at radius 1 is 1.08 bits per heavy atom. The number of amides is 2. The molecule has 1 N–H and O–H groups in total. The standard InChI is InChI=1S/C20H25N3O3/c24-20(22-18-9-1-5-15-6-2-10-21-19(15)18)23(13-16-7-3-11-25-16)14-17-8-4-12-26-17/h1-2,5-6,9-10,16-17H,3-4,7-8,11-14H2,(H,22,24). The molecule has 2 aliphatic rings. The maximum atomic E-state index is 13.0. The van der Waals surface area contributed by atoms with Crippen LogP contribution in [-0.2, 0) is 9.47 Å². The Morgan fingerprint density at radius 3 is 2.42 bits per heavy atom. The highest BCUT2D eigenvalue weighted by Gasteiger charge is 2.27. The summed E-state index contributed by atoms with van der Waals surface area (Å²) in [5.74, 6) is 0. The van der Waals surface area contributed by atoms with Crippen LogP contribution in [0.2, 0.25) is 0 Å². The largest absolute Gasteiger partial charge is 0.376 e. The van der Waals surface area contributed by atoms with E-state index in [1.54, 1.807) is 6.20 Å². The number of nitrogens with one attached hydrogen (secondary N) is 1. The molecule has 4 rings (SSSR count). The van der Waals surface area contributed by atoms with Gasteiger partial charge in [0.2, 0.25) is 0 Å². The zero-order chi connectivity index (χ0) is 17.8. The van der Waals surface area contributed by atoms with Crippen molar-refractivity contribution in [1.29, 1.82) is 0 Å². The van der Waals surface area contributed by atoms with Gasteiger partial charge in [-0.25, -0.2) is 4.79 Å². The zero-order valence-corrected chi connectivity index (χ0v) is 14.9. The van der Waals surface area contributed by atoms with Gasteiger partial charge in [-0.2, -0.15) is 0 Å². The number of carbonyl (C=O) groups excluding carboxylic acids is 1. The molecule has 2 saturated heterocycles. The van der Waals surface area contributed by atoms with Crippen LogP contribution in [0.3, 0.4) is 0 Å². The summed E-state index contributed by atoms with van der Waals surface area (Å²) in [4.78, 5) is 19.3. The van der Waals surface area contributed by atoms with Gasteiger partial charge >= 0.3 is 6.03 Å². The molecule has 0 spiro atoms. The van der Waals surface area contributed by atoms with E-state index in [1.165, 1.54) is 0 Å². The minimum atomic E-state index is -0.117. The third kappa shape index (κ3) is 3.97. The van der Waals surface area contributed by atoms with Crippen molar-refractivity contribution in [2.45, 2.75) is 37.9 Å². The second-order valence-corrected chi connectivity index (χ2v) is 6.99. The number of fused-ring (bicyclic) bond motifs is 1. The molecule has 0 bridgehead atoms. The molecule has 2 amide bonds. The van der Waals surface area contributed by atoms with E-state index in [1.807, 2.05) is 35.2 Å². The van der Waals surface area contributed by atoms with Crippen LogP contribution >= 0.6 is 0 Å². The van der Waals surface area contributed by atoms with Crippen LogP contribution in [0.1, 0.15) is 25.7 Å². The molecule has 6 nitrogen and oxygen atoms in total. The number of benzene rings is 1. The summed E-state index contributed by atoms with van der Waals surface area (Å²) >= 11 is 0. The van der Waals surface area contributed by atoms with E-state index < -0.39 is 0 Å². The molecule has 2 atom stereocenters. The molecule has 26 heavy (non-hydrogen) atoms. The first-order valence-corrected chi connectivity index (χ1v) is 9.42. The maximum absolute atomic E-state index is 13.0. The number of ether oxygens (including phenoxy) is 2. The predicted molar refractivity (Wildman–Crippen MR) is 100 cm³/mol. The first-order valence-electron chi connectivity index (χ1n) is 9.42. The Balaban J connectivity index is 1.50. The van der Waals surface area contributed by atoms with Gasteiger partial charge in [-0.3, -0.25) is 4.98 Å². The van der Waals surface area contributed by atoms with Crippen molar-refractivity contribution < 1.29 is 14.3 Å². The van der Waals surface area contributed by atoms with Crippen molar-refractivity contribution in [3.8, 4) is 0 Å². The fraction of sp³-hybridized carbons (Fsp3) is 0.500. The van der Waals surface area contributed by atoms with Crippen molar-refractivity contribution in [3.63, 3.8) is 0 Å². The van der Waals surface area contributed by atoms with E-state index in [-0.39, 0.29) is 18.2 Å². The fourth-order valence-electron chi connectivity index (χ4n) is 3.71. The molecule has 2 fully saturated rings. The monoisotopic (exact) mass is 355 g/mol. The van der Waals surface area contributed by atoms with Gasteiger partial charge in [0.15, 0.2) is 0 Å². The van der Waals surface area contributed by atoms with Crippen LogP contribution in [0.15, 0.2) is 36.5 Å². The summed E-state index contributed by atoms with van der Waals surface area (Å²) in [5, 5.41) is 4.06. The summed E-state index contributed by atoms with van der Waals surface area (Å²) in [5.41, 5.74) is 1.54. The average molecular weight is 355 g/mol. The van der Waals surface area contributed by atoms with Gasteiger partial charge in [0.1, 0.15) is 0 Å². The number of nitrogens with zero attached hydrogens (tertiary/aromatic N) is 2. The first-order chi connectivity index (χ1) is 12.8. The SMILES string of the molecule is O=C(Nc1cccc2cccnc12)N(CC1CCCO1)CC1CCCO1. The van der Waals surface area contributed by atoms with Crippen molar-refractivity contribution in [1.82, 2.24) is 9.88 Å². The van der Waals surface area contributed by atoms with Crippen LogP contribution in [0.5, 0.6) is 0 Å². The fourth-order valence-corrected chi connectivity index (χ4v) is 3.71. The number of aromatic nitrogens is 1. The molecule has 138 valence electrons. The Hall–Kier alpha value is -2.18. The Bertz CT molecular complexity index is 732. The van der Waals surface area contributed by atoms with Crippen LogP contribution in [0.25, 0.3) is 10.9 Å². The molecular formula is C20H25N3O3. The quantitative estimate of drug-likeness (QED) is 0.892. The minimum Gasteiger partial charge on any atom is -0.376 e. The number of anilines is 1. The van der Waals surface area contributed by atoms with Gasteiger partial charge in [-0.15, -0.1) is 0 Å². The summed E-state index contributed by atoms with van der Waals surface area (Å²) in [6, 6.07) is 9.60. The minimum absolute atomic E-state index is 0.117. The number of pyridine rings is 1. The maximum Gasteiger partial charge on any atom is 0.322 e. The molecule has 0 radical (unpaired) electrons. The summed E-state index contributed by atoms with van der Waals surface area (Å²) in [6.45, 7) is 2.77. The molecule has 1 aromatic heterocycles. The van der Waals surface area contributed by atoms with Crippen LogP contribution in [0, 0.1) is 0 Å². The van der Waals surface area contributed by atoms with E-state index >= 15 is 0 Å². The van der Waals surface area contributed by atoms with Crippen molar-refractivity contribution >= 4 is 22.6 Å². The third-order valence-corrected chi connectivity index (χ3v) is 5.06. The van der Waals surface area contributed by atoms with Crippen LogP contribution < -0.4 is 5.32 Å². The predicted octanol–water partition coefficient (Wildman–Crippen LogP) is 3.43. The molecule has 1 aromatic carbocycles. The molecule has 2 aromatic rings. The van der Waals surface area contributed by atoms with Gasteiger partial charge in [0.05, 0.1) is 23.4 Å². The molecule has 0 aliphatic carbocycles. The molecule has 0 saturated carbocycles. The molecule has 6 heteroatoms. The Kier molecular flexibility index (Phi) is 5.32. The number of para-hydroxylation sites is 1. The highest BCUT2D eigenvalue weighted by atomic mass is 16.5. The topological polar surface area (TPSA) is 63.7 Å². The lowest BCUT2D eigenvalue weighted by atomic mass is 10.2. The van der Waals surface area contributed by atoms with Crippen LogP contribution in [-0.4, -0.2) is 54.4 Å². The first kappa shape index (κ1) is 17.2. The van der Waals surface area contributed by atoms with Crippen molar-refractivity contribution in [2.75, 3.05) is 31.6 Å². The van der Waals surface area contributed by atoms with Crippen molar-refractivity contribution in [3.05, 3.63) is 36.5 Å². The zero-order valence-electron chi connectivity index (χ0n) is 14.9. The lowest BCUT2D eigenvalue weighted by Crippen LogP contribution is -2.44. The van der Waals surface area contributed by atoms with Crippen molar-refractivity contribution in [2.24, 2.45) is 0 Å². The highest BCUT2D eigenvalue weighted by Crippen LogP contribution is 2.22. The van der Waals surface area contributed by atoms with E-state index in [4.69, 9.17) is 9.47 Å². The number of carbonyl (C=O) groups is 1. The van der Waals surface area contributed by atoms with E-state index in [0.717, 1.165) is 55.5 Å². The van der Waals surface area contributed by atoms with Crippen LogP contribution in [0.4, 0.5) is 10.5 Å². The average Bonchev–Trinajstić information content (AvgIpc) is 3.35. The third-order valence-electron chi connectivity index (χ3n) is 5.06. The molecule has 3 heterocycles. The van der Waals surface area contributed by atoms with Gasteiger partial charge in [0, 0.05) is 37.9 Å². The summed E-state index contributed by atoms with van der Waals surface area (Å²) in [7, 11) is 0. The van der Waals surface area contributed by atoms with E-state index in [0.29, 0.717) is 13.1 Å². The number of hydrogen-bond acceptors (Lipinski definition) is 4. The number of urea groups is 1. The molecule has 2 unspecified atom stereocenters. The van der Waals surface area contributed by atoms with E-state index in [2.05, 4.69) is 10.3 Å². The van der Waals surface area contributed by atoms with Gasteiger partial charge < -0.3 is 19.7 Å². The lowest BCUT2D eigenvalue weighted by molar-refractivity contribution is 0.0524. The van der Waals surface area contributed by atoms with E-state index in [9.17, 15) is 4.79 Å². The highest BCUT2D eigenvalue weighted by molar-refractivity contribution is 5.99. The Labute approximate surface area is 153 Å². The van der Waals surface area contributed by atoms with Gasteiger partial charge in [-0.05, 0) is 37.8 Å². The van der Waals surface area contributed by atoms with Gasteiger partial charge in [0.25, 0.3) is 0 Å². The Morgan fingerprint density at radius 2 is 1.77 bits per heavy atom. The molecule has 2 aliphatic heterocycles. The number of rotatable bonds is 5. The molecular weight excluding hydrogens is 330 g/mol. The normalized spacial score (nSPS) is 22.6. The lowest BCUT2D eigenvalue weighted by Gasteiger charge is -2.28.